The number of ketones is 3. The molecule has 0 saturated heterocycles. The molecule has 3 aliphatic heterocycles. The molecule has 3 heterocycles. The zero-order chi connectivity index (χ0) is 18.8. The molecule has 0 aliphatic carbocycles. The fraction of sp³-hybridized carbons (Fsp3) is 0.400. The molecule has 0 N–H and O–H groups in total. The van der Waals surface area contributed by atoms with Crippen molar-refractivity contribution in [2.45, 2.75) is 41.5 Å². The number of hydrogen-bond donors (Lipinski definition) is 0. The van der Waals surface area contributed by atoms with Gasteiger partial charge >= 0.3 is 160 Å². The SMILES string of the molecule is CC1=[O+][Si-2]23(OC(C)=C1Cl)(OC(C)=C(Cl)C(C)=[O+]2)OC(C)=C(Cl)C(C)=[O+]3. The van der Waals surface area contributed by atoms with E-state index < -0.39 is 8.09 Å². The Kier molecular flexibility index (Phi) is 3.63. The monoisotopic (exact) mass is 427 g/mol. The normalized spacial score (nSPS) is 29.4. The van der Waals surface area contributed by atoms with Crippen LogP contribution in [-0.4, -0.2) is 25.4 Å². The first-order valence-electron chi connectivity index (χ1n) is 7.52. The Labute approximate surface area is 159 Å². The summed E-state index contributed by atoms with van der Waals surface area (Å²) >= 11 is 18.7. The second-order valence-electron chi connectivity index (χ2n) is 6.14. The molecule has 0 bridgehead atoms. The second-order valence-corrected chi connectivity index (χ2v) is 11.0. The van der Waals surface area contributed by atoms with E-state index in [2.05, 4.69) is 0 Å². The summed E-state index contributed by atoms with van der Waals surface area (Å²) in [6, 6.07) is 0. The Morgan fingerprint density at radius 3 is 1.00 bits per heavy atom. The van der Waals surface area contributed by atoms with E-state index in [0.717, 1.165) is 0 Å². The summed E-state index contributed by atoms with van der Waals surface area (Å²) in [5.74, 6) is 1.54. The van der Waals surface area contributed by atoms with Crippen LogP contribution < -0.4 is 0 Å². The molecule has 0 unspecified atom stereocenters. The third-order valence-corrected chi connectivity index (χ3v) is 9.96. The summed E-state index contributed by atoms with van der Waals surface area (Å²) in [4.78, 5) is 0. The van der Waals surface area contributed by atoms with Crippen LogP contribution in [0.5, 0.6) is 0 Å². The number of carbonyl (C=O) groups excluding carboxylic acids is 3. The van der Waals surface area contributed by atoms with Gasteiger partial charge in [0.25, 0.3) is 0 Å². The van der Waals surface area contributed by atoms with E-state index in [9.17, 15) is 0 Å². The number of halogens is 3. The Balaban J connectivity index is 2.48. The molecule has 3 rings (SSSR count). The second kappa shape index (κ2) is 4.91. The van der Waals surface area contributed by atoms with Gasteiger partial charge in [0.15, 0.2) is 0 Å². The topological polar surface area (TPSA) is 61.6 Å². The predicted octanol–water partition coefficient (Wildman–Crippen LogP) is 4.20. The minimum atomic E-state index is -6.13. The Morgan fingerprint density at radius 1 is 0.560 bits per heavy atom. The van der Waals surface area contributed by atoms with Crippen molar-refractivity contribution in [1.29, 1.82) is 0 Å². The molecule has 3 aliphatic rings. The maximum atomic E-state index is 6.23. The molecule has 25 heavy (non-hydrogen) atoms. The van der Waals surface area contributed by atoms with Crippen molar-refractivity contribution in [3.63, 3.8) is 0 Å². The molecule has 138 valence electrons. The third kappa shape index (κ3) is 2.33. The first-order chi connectivity index (χ1) is 11.4. The molecule has 6 nitrogen and oxygen atoms in total. The summed E-state index contributed by atoms with van der Waals surface area (Å²) in [7, 11) is -6.13. The third-order valence-electron chi connectivity index (χ3n) is 4.02. The van der Waals surface area contributed by atoms with Crippen LogP contribution in [0.1, 0.15) is 41.5 Å². The van der Waals surface area contributed by atoms with Crippen molar-refractivity contribution in [3.8, 4) is 0 Å². The summed E-state index contributed by atoms with van der Waals surface area (Å²) < 4.78 is 36.2. The molecule has 0 fully saturated rings. The average molecular weight is 429 g/mol. The molecule has 10 heteroatoms. The van der Waals surface area contributed by atoms with Crippen molar-refractivity contribution in [3.05, 3.63) is 32.4 Å². The summed E-state index contributed by atoms with van der Waals surface area (Å²) in [6.07, 6.45) is 0. The van der Waals surface area contributed by atoms with Gasteiger partial charge in [-0.15, -0.1) is 0 Å². The van der Waals surface area contributed by atoms with Crippen LogP contribution in [0, 0.1) is 0 Å². The van der Waals surface area contributed by atoms with E-state index in [-0.39, 0.29) is 49.7 Å². The molecule has 0 aromatic carbocycles. The minimum absolute atomic E-state index is 0.252. The summed E-state index contributed by atoms with van der Waals surface area (Å²) in [6.45, 7) is 9.74. The van der Waals surface area contributed by atoms with Crippen LogP contribution in [0.2, 0.25) is 0 Å². The van der Waals surface area contributed by atoms with Gasteiger partial charge in [-0.1, -0.05) is 0 Å². The fourth-order valence-corrected chi connectivity index (χ4v) is 8.81. The summed E-state index contributed by atoms with van der Waals surface area (Å²) in [5, 5.41) is 0.757. The van der Waals surface area contributed by atoms with E-state index in [1.165, 1.54) is 0 Å². The van der Waals surface area contributed by atoms with Gasteiger partial charge in [0.2, 0.25) is 0 Å². The van der Waals surface area contributed by atoms with Crippen LogP contribution in [0.15, 0.2) is 32.4 Å². The van der Waals surface area contributed by atoms with Crippen LogP contribution in [0.25, 0.3) is 0 Å². The number of allylic oxidation sites excluding steroid dienone is 6. The fourth-order valence-electron chi connectivity index (χ4n) is 3.20. The average Bonchev–Trinajstić information content (AvgIpc) is 2.48. The number of rotatable bonds is 0. The van der Waals surface area contributed by atoms with E-state index in [4.69, 9.17) is 60.4 Å². The Hall–Kier alpha value is -1.28. The molecule has 0 radical (unpaired) electrons. The number of hydrogen-bond acceptors (Lipinski definition) is 3. The predicted molar refractivity (Wildman–Crippen MR) is 96.7 cm³/mol. The van der Waals surface area contributed by atoms with Crippen molar-refractivity contribution >= 4 is 60.2 Å². The van der Waals surface area contributed by atoms with Crippen molar-refractivity contribution in [2.75, 3.05) is 0 Å². The zero-order valence-electron chi connectivity index (χ0n) is 14.6. The van der Waals surface area contributed by atoms with E-state index in [0.29, 0.717) is 0 Å². The van der Waals surface area contributed by atoms with Crippen LogP contribution >= 0.6 is 34.8 Å². The first kappa shape index (κ1) is 18.5. The molecular formula is C15H18Cl3O6Si+. The standard InChI is InChI=1S/C15H18Cl3O6Si/c1-7-13(16)8(2)20-25(19-7,21-9(3)14(17)10(4)22-25)23-11(5)15(18)12(6)24-25/h1-6H3/q+1. The first-order valence-corrected chi connectivity index (χ1v) is 11.1. The Bertz CT molecular complexity index is 796. The van der Waals surface area contributed by atoms with Gasteiger partial charge in [0.1, 0.15) is 0 Å². The Morgan fingerprint density at radius 2 is 0.800 bits per heavy atom. The van der Waals surface area contributed by atoms with Gasteiger partial charge in [0.05, 0.1) is 0 Å². The quantitative estimate of drug-likeness (QED) is 0.429. The molecule has 0 amide bonds. The van der Waals surface area contributed by atoms with E-state index in [1.807, 2.05) is 0 Å². The maximum absolute atomic E-state index is 6.23. The molecule has 0 atom stereocenters. The van der Waals surface area contributed by atoms with Gasteiger partial charge in [-0.3, -0.25) is 0 Å². The van der Waals surface area contributed by atoms with Crippen molar-refractivity contribution < 1.29 is 25.6 Å². The van der Waals surface area contributed by atoms with Crippen molar-refractivity contribution in [2.24, 2.45) is 0 Å². The molecule has 0 aromatic heterocycles. The summed E-state index contributed by atoms with van der Waals surface area (Å²) in [5.41, 5.74) is 0. The van der Waals surface area contributed by atoms with E-state index in [1.54, 1.807) is 41.5 Å². The van der Waals surface area contributed by atoms with Gasteiger partial charge in [0, 0.05) is 0 Å². The van der Waals surface area contributed by atoms with Gasteiger partial charge in [-0.25, -0.2) is 0 Å². The van der Waals surface area contributed by atoms with E-state index >= 15 is 0 Å². The van der Waals surface area contributed by atoms with Crippen LogP contribution in [-0.2, 0) is 25.6 Å². The molecule has 1 spiro atoms. The van der Waals surface area contributed by atoms with Crippen LogP contribution in [0.3, 0.4) is 0 Å². The van der Waals surface area contributed by atoms with Gasteiger partial charge in [-0.05, 0) is 0 Å². The zero-order valence-corrected chi connectivity index (χ0v) is 17.9. The van der Waals surface area contributed by atoms with Gasteiger partial charge < -0.3 is 0 Å². The molecule has 0 saturated carbocycles. The molecule has 0 aromatic rings. The van der Waals surface area contributed by atoms with Crippen LogP contribution in [0.4, 0.5) is 0 Å². The van der Waals surface area contributed by atoms with Crippen molar-refractivity contribution in [1.82, 2.24) is 0 Å². The van der Waals surface area contributed by atoms with Gasteiger partial charge in [-0.2, -0.15) is 0 Å². The molecular weight excluding hydrogens is 411 g/mol.